The fourth-order valence-corrected chi connectivity index (χ4v) is 6.55. The quantitative estimate of drug-likeness (QED) is 0.650. The molecule has 34 heavy (non-hydrogen) atoms. The Kier molecular flexibility index (Phi) is 5.64. The lowest BCUT2D eigenvalue weighted by Gasteiger charge is -2.45. The van der Waals surface area contributed by atoms with Crippen molar-refractivity contribution in [2.24, 2.45) is 0 Å². The summed E-state index contributed by atoms with van der Waals surface area (Å²) < 4.78 is 12.9. The molecule has 0 aromatic carbocycles. The van der Waals surface area contributed by atoms with Gasteiger partial charge in [0.15, 0.2) is 5.82 Å². The first-order chi connectivity index (χ1) is 16.5. The second kappa shape index (κ2) is 8.68. The van der Waals surface area contributed by atoms with Gasteiger partial charge in [-0.15, -0.1) is 0 Å². The number of aliphatic hydroxyl groups is 1. The van der Waals surface area contributed by atoms with E-state index in [9.17, 15) is 9.32 Å². The molecule has 8 nitrogen and oxygen atoms in total. The van der Waals surface area contributed by atoms with Gasteiger partial charge in [0.2, 0.25) is 5.95 Å². The number of anilines is 2. The zero-order valence-corrected chi connectivity index (χ0v) is 20.5. The highest BCUT2D eigenvalue weighted by atomic mass is 32.2. The van der Waals surface area contributed by atoms with Crippen LogP contribution in [0.5, 0.6) is 0 Å². The average Bonchev–Trinajstić information content (AvgIpc) is 3.67. The molecule has 0 bridgehead atoms. The number of aliphatic hydroxyl groups excluding tert-OH is 1. The summed E-state index contributed by atoms with van der Waals surface area (Å²) in [5, 5.41) is 14.0. The first-order valence-corrected chi connectivity index (χ1v) is 13.9. The van der Waals surface area contributed by atoms with E-state index in [0.717, 1.165) is 61.5 Å². The number of aromatic nitrogens is 4. The monoisotopic (exact) mass is 480 g/mol. The van der Waals surface area contributed by atoms with Crippen LogP contribution >= 0.6 is 0 Å². The Morgan fingerprint density at radius 3 is 2.59 bits per heavy atom. The molecule has 180 valence electrons. The van der Waals surface area contributed by atoms with Gasteiger partial charge < -0.3 is 15.3 Å². The van der Waals surface area contributed by atoms with Crippen molar-refractivity contribution in [2.75, 3.05) is 29.1 Å². The summed E-state index contributed by atoms with van der Waals surface area (Å²) in [7, 11) is -1.11. The van der Waals surface area contributed by atoms with E-state index in [1.165, 1.54) is 24.0 Å². The summed E-state index contributed by atoms with van der Waals surface area (Å²) in [6.45, 7) is 3.29. The van der Waals surface area contributed by atoms with Gasteiger partial charge in [0.25, 0.3) is 0 Å². The van der Waals surface area contributed by atoms with Crippen LogP contribution in [0.25, 0.3) is 5.57 Å². The van der Waals surface area contributed by atoms with Crippen LogP contribution in [0.3, 0.4) is 0 Å². The number of hydrogen-bond donors (Lipinski definition) is 2. The summed E-state index contributed by atoms with van der Waals surface area (Å²) in [6.07, 6.45) is 13.5. The van der Waals surface area contributed by atoms with Crippen molar-refractivity contribution in [3.05, 3.63) is 35.6 Å². The maximum absolute atomic E-state index is 12.9. The van der Waals surface area contributed by atoms with Gasteiger partial charge in [-0.1, -0.05) is 6.08 Å². The average molecular weight is 481 g/mol. The van der Waals surface area contributed by atoms with Crippen molar-refractivity contribution >= 4 is 28.1 Å². The van der Waals surface area contributed by atoms with Crippen LogP contribution in [-0.2, 0) is 17.2 Å². The van der Waals surface area contributed by atoms with Gasteiger partial charge in [0.1, 0.15) is 10.7 Å². The highest BCUT2D eigenvalue weighted by Gasteiger charge is 2.43. The summed E-state index contributed by atoms with van der Waals surface area (Å²) >= 11 is 0. The van der Waals surface area contributed by atoms with Gasteiger partial charge in [-0.05, 0) is 75.3 Å². The number of fused-ring (bicyclic) bond motifs is 1. The van der Waals surface area contributed by atoms with Gasteiger partial charge in [-0.25, -0.2) is 15.0 Å². The maximum Gasteiger partial charge on any atom is 0.227 e. The van der Waals surface area contributed by atoms with Gasteiger partial charge in [0, 0.05) is 31.2 Å². The fraction of sp³-hybridized carbons (Fsp3) is 0.600. The molecular weight excluding hydrogens is 448 g/mol. The second-order valence-corrected chi connectivity index (χ2v) is 11.7. The molecule has 0 spiro atoms. The third kappa shape index (κ3) is 4.02. The van der Waals surface area contributed by atoms with Crippen LogP contribution in [0, 0.1) is 0 Å². The second-order valence-electron chi connectivity index (χ2n) is 10.2. The van der Waals surface area contributed by atoms with Crippen molar-refractivity contribution in [2.45, 2.75) is 80.7 Å². The summed E-state index contributed by atoms with van der Waals surface area (Å²) in [6, 6.07) is 0. The normalized spacial score (nSPS) is 24.6. The lowest BCUT2D eigenvalue weighted by molar-refractivity contribution is 0.0631. The van der Waals surface area contributed by atoms with Crippen molar-refractivity contribution < 1.29 is 9.32 Å². The molecule has 2 aromatic rings. The molecule has 0 amide bonds. The lowest BCUT2D eigenvalue weighted by Crippen LogP contribution is -2.54. The minimum Gasteiger partial charge on any atom is -0.391 e. The third-order valence-electron chi connectivity index (χ3n) is 7.81. The summed E-state index contributed by atoms with van der Waals surface area (Å²) in [5.74, 6) is 3.43. The SMILES string of the molecule is C[C@@H](O)C1(Nc2nc(N3CC=C(c4ncc(C5CC5)cn4)CC3)nc3c2[S@](=O)CCC3)CCC1. The van der Waals surface area contributed by atoms with E-state index < -0.39 is 16.9 Å². The standard InChI is InChI=1S/C25H32N6O2S/c1-16(32)25(9-3-10-25)30-23-21-20(4-2-13-34(21)33)28-24(29-23)31-11-7-18(8-12-31)22-26-14-19(15-27-22)17-5-6-17/h7,14-17,32H,2-6,8-13H2,1H3,(H,28,29,30)/t16-,34-/m1/s1. The van der Waals surface area contributed by atoms with E-state index in [0.29, 0.717) is 30.0 Å². The molecule has 2 aromatic heterocycles. The van der Waals surface area contributed by atoms with E-state index in [1.807, 2.05) is 19.3 Å². The Balaban J connectivity index is 1.26. The highest BCUT2D eigenvalue weighted by Crippen LogP contribution is 2.41. The van der Waals surface area contributed by atoms with Crippen LogP contribution in [-0.4, -0.2) is 59.7 Å². The van der Waals surface area contributed by atoms with Crippen LogP contribution in [0.1, 0.15) is 74.9 Å². The molecule has 2 aliphatic carbocycles. The highest BCUT2D eigenvalue weighted by molar-refractivity contribution is 7.85. The molecule has 2 atom stereocenters. The van der Waals surface area contributed by atoms with Crippen molar-refractivity contribution in [1.29, 1.82) is 0 Å². The molecule has 2 fully saturated rings. The number of nitrogens with one attached hydrogen (secondary N) is 1. The van der Waals surface area contributed by atoms with Crippen LogP contribution in [0.2, 0.25) is 0 Å². The first-order valence-electron chi connectivity index (χ1n) is 12.5. The van der Waals surface area contributed by atoms with Crippen LogP contribution < -0.4 is 10.2 Å². The fourth-order valence-electron chi connectivity index (χ4n) is 5.22. The van der Waals surface area contributed by atoms with E-state index in [4.69, 9.17) is 9.97 Å². The molecule has 6 rings (SSSR count). The van der Waals surface area contributed by atoms with E-state index in [2.05, 4.69) is 26.3 Å². The number of aryl methyl sites for hydroxylation is 1. The summed E-state index contributed by atoms with van der Waals surface area (Å²) in [4.78, 5) is 21.9. The van der Waals surface area contributed by atoms with E-state index in [-0.39, 0.29) is 5.54 Å². The zero-order chi connectivity index (χ0) is 23.3. The molecule has 2 aliphatic heterocycles. The molecule has 0 unspecified atom stereocenters. The number of nitrogens with zero attached hydrogens (tertiary/aromatic N) is 5. The number of hydrogen-bond acceptors (Lipinski definition) is 8. The van der Waals surface area contributed by atoms with Gasteiger partial charge in [-0.2, -0.15) is 4.98 Å². The predicted octanol–water partition coefficient (Wildman–Crippen LogP) is 3.21. The molecule has 9 heteroatoms. The minimum atomic E-state index is -1.11. The van der Waals surface area contributed by atoms with Gasteiger partial charge in [-0.3, -0.25) is 4.21 Å². The molecular formula is C25H32N6O2S. The van der Waals surface area contributed by atoms with Crippen LogP contribution in [0.15, 0.2) is 23.4 Å². The molecule has 4 heterocycles. The Labute approximate surface area is 202 Å². The Hall–Kier alpha value is -2.39. The first kappa shape index (κ1) is 22.1. The van der Waals surface area contributed by atoms with Gasteiger partial charge in [0.05, 0.1) is 28.1 Å². The summed E-state index contributed by atoms with van der Waals surface area (Å²) in [5.41, 5.74) is 2.91. The van der Waals surface area contributed by atoms with Crippen molar-refractivity contribution in [1.82, 2.24) is 19.9 Å². The third-order valence-corrected chi connectivity index (χ3v) is 9.35. The predicted molar refractivity (Wildman–Crippen MR) is 132 cm³/mol. The lowest BCUT2D eigenvalue weighted by atomic mass is 9.73. The van der Waals surface area contributed by atoms with Gasteiger partial charge >= 0.3 is 0 Å². The van der Waals surface area contributed by atoms with Crippen LogP contribution in [0.4, 0.5) is 11.8 Å². The van der Waals surface area contributed by atoms with Crippen molar-refractivity contribution in [3.8, 4) is 0 Å². The molecule has 0 saturated heterocycles. The van der Waals surface area contributed by atoms with Crippen molar-refractivity contribution in [3.63, 3.8) is 0 Å². The smallest absolute Gasteiger partial charge is 0.227 e. The largest absolute Gasteiger partial charge is 0.391 e. The zero-order valence-electron chi connectivity index (χ0n) is 19.7. The molecule has 2 N–H and O–H groups in total. The maximum atomic E-state index is 12.9. The Bertz CT molecular complexity index is 1140. The van der Waals surface area contributed by atoms with E-state index >= 15 is 0 Å². The Morgan fingerprint density at radius 2 is 1.97 bits per heavy atom. The number of rotatable bonds is 6. The molecule has 0 radical (unpaired) electrons. The topological polar surface area (TPSA) is 104 Å². The van der Waals surface area contributed by atoms with E-state index in [1.54, 1.807) is 0 Å². The molecule has 4 aliphatic rings. The minimum absolute atomic E-state index is 0.389. The molecule has 2 saturated carbocycles. The Morgan fingerprint density at radius 1 is 1.18 bits per heavy atom.